The average Bonchev–Trinajstić information content (AvgIpc) is 2.42. The first-order valence-electron chi connectivity index (χ1n) is 5.69. The van der Waals surface area contributed by atoms with Crippen LogP contribution in [0.5, 0.6) is 0 Å². The first-order chi connectivity index (χ1) is 10.6. The Balaban J connectivity index is 0.000000593. The minimum absolute atomic E-state index is 0.0179. The molecule has 124 valence electrons. The lowest BCUT2D eigenvalue weighted by molar-refractivity contribution is 0.205. The van der Waals surface area contributed by atoms with Crippen molar-refractivity contribution in [3.8, 4) is 0 Å². The van der Waals surface area contributed by atoms with E-state index in [2.05, 4.69) is 5.73 Å². The first-order valence-corrected chi connectivity index (χ1v) is 8.69. The number of carbonyl (C=O) groups is 1. The number of nitrogens with two attached hydrogens (primary N) is 1. The Morgan fingerprint density at radius 1 is 0.913 bits per heavy atom. The van der Waals surface area contributed by atoms with Crippen molar-refractivity contribution in [2.24, 2.45) is 5.73 Å². The summed E-state index contributed by atoms with van der Waals surface area (Å²) in [6, 6.07) is 8.30. The van der Waals surface area contributed by atoms with Gasteiger partial charge in [-0.25, -0.2) is 13.2 Å². The number of hydrogen-bond acceptors (Lipinski definition) is 3. The van der Waals surface area contributed by atoms with Gasteiger partial charge in [0.1, 0.15) is 0 Å². The number of sulfone groups is 1. The zero-order valence-corrected chi connectivity index (χ0v) is 15.0. The van der Waals surface area contributed by atoms with Gasteiger partial charge in [0.05, 0.1) is 24.9 Å². The quantitative estimate of drug-likeness (QED) is 0.689. The lowest BCUT2D eigenvalue weighted by Gasteiger charge is -2.08. The molecule has 0 bridgehead atoms. The van der Waals surface area contributed by atoms with Gasteiger partial charge in [-0.05, 0) is 36.4 Å². The highest BCUT2D eigenvalue weighted by atomic mass is 35.5. The van der Waals surface area contributed by atoms with E-state index >= 15 is 0 Å². The molecule has 2 aromatic rings. The van der Waals surface area contributed by atoms with E-state index in [1.165, 1.54) is 36.4 Å². The zero-order valence-electron chi connectivity index (χ0n) is 11.1. The molecule has 0 unspecified atom stereocenters. The maximum atomic E-state index is 12.4. The molecule has 5 nitrogen and oxygen atoms in total. The summed E-state index contributed by atoms with van der Waals surface area (Å²) in [4.78, 5) is 8.77. The molecule has 0 spiro atoms. The second-order valence-electron chi connectivity index (χ2n) is 3.99. The molecule has 0 saturated carbocycles. The third-order valence-electron chi connectivity index (χ3n) is 2.39. The second kappa shape index (κ2) is 8.08. The van der Waals surface area contributed by atoms with Crippen molar-refractivity contribution < 1.29 is 18.3 Å². The maximum absolute atomic E-state index is 12.4. The van der Waals surface area contributed by atoms with Gasteiger partial charge >= 0.3 is 6.09 Å². The molecule has 0 fully saturated rings. The summed E-state index contributed by atoms with van der Waals surface area (Å²) in [5.74, 6) is 0. The lowest BCUT2D eigenvalue weighted by atomic mass is 10.3. The summed E-state index contributed by atoms with van der Waals surface area (Å²) in [5.41, 5.74) is 4.03. The number of primary amides is 1. The molecule has 10 heteroatoms. The molecule has 23 heavy (non-hydrogen) atoms. The van der Waals surface area contributed by atoms with Crippen LogP contribution in [0, 0.1) is 0 Å². The van der Waals surface area contributed by atoms with Crippen LogP contribution in [0.25, 0.3) is 0 Å². The van der Waals surface area contributed by atoms with Crippen LogP contribution in [0.2, 0.25) is 20.1 Å². The summed E-state index contributed by atoms with van der Waals surface area (Å²) >= 11 is 23.2. The summed E-state index contributed by atoms with van der Waals surface area (Å²) < 4.78 is 24.8. The van der Waals surface area contributed by atoms with Gasteiger partial charge in [-0.15, -0.1) is 0 Å². The van der Waals surface area contributed by atoms with Crippen LogP contribution >= 0.6 is 46.4 Å². The number of rotatable bonds is 2. The van der Waals surface area contributed by atoms with Crippen molar-refractivity contribution in [3.05, 3.63) is 56.5 Å². The molecule has 0 radical (unpaired) electrons. The van der Waals surface area contributed by atoms with Crippen molar-refractivity contribution in [3.63, 3.8) is 0 Å². The van der Waals surface area contributed by atoms with Gasteiger partial charge in [0.15, 0.2) is 0 Å². The molecule has 0 saturated heterocycles. The van der Waals surface area contributed by atoms with Crippen LogP contribution < -0.4 is 5.73 Å². The Bertz CT molecular complexity index is 819. The van der Waals surface area contributed by atoms with E-state index in [0.717, 1.165) is 0 Å². The highest BCUT2D eigenvalue weighted by Gasteiger charge is 2.22. The topological polar surface area (TPSA) is 97.5 Å². The Morgan fingerprint density at radius 3 is 1.83 bits per heavy atom. The van der Waals surface area contributed by atoms with Crippen LogP contribution in [0.15, 0.2) is 46.2 Å². The minimum atomic E-state index is -3.76. The maximum Gasteiger partial charge on any atom is 0.402 e. The second-order valence-corrected chi connectivity index (χ2v) is 7.57. The van der Waals surface area contributed by atoms with E-state index in [0.29, 0.717) is 5.02 Å². The van der Waals surface area contributed by atoms with Crippen LogP contribution in [-0.4, -0.2) is 19.6 Å². The standard InChI is InChI=1S/C12H6Cl4O2S.CH3NO2/c13-7-1-3-8(4-2-7)19(17,18)12-6-10(15)9(14)5-11(12)16;2-1(3)4/h1-6H;2H2,(H,3,4). The molecule has 0 aliphatic carbocycles. The average molecular weight is 417 g/mol. The highest BCUT2D eigenvalue weighted by Crippen LogP contribution is 2.34. The molecule has 3 N–H and O–H groups in total. The number of halogens is 4. The smallest absolute Gasteiger partial charge is 0.402 e. The molecule has 2 rings (SSSR count). The predicted molar refractivity (Wildman–Crippen MR) is 90.6 cm³/mol. The van der Waals surface area contributed by atoms with Gasteiger partial charge in [0.2, 0.25) is 9.84 Å². The molecule has 0 aliphatic heterocycles. The number of hydrogen-bond donors (Lipinski definition) is 2. The van der Waals surface area contributed by atoms with Crippen LogP contribution in [0.1, 0.15) is 0 Å². The van der Waals surface area contributed by atoms with Crippen molar-refractivity contribution in [2.75, 3.05) is 0 Å². The van der Waals surface area contributed by atoms with E-state index in [-0.39, 0.29) is 24.9 Å². The van der Waals surface area contributed by atoms with Gasteiger partial charge in [-0.3, -0.25) is 0 Å². The van der Waals surface area contributed by atoms with Gasteiger partial charge < -0.3 is 10.8 Å². The molecule has 2 aromatic carbocycles. The molecule has 0 atom stereocenters. The third-order valence-corrected chi connectivity index (χ3v) is 5.60. The van der Waals surface area contributed by atoms with E-state index < -0.39 is 15.9 Å². The first kappa shape index (κ1) is 19.9. The van der Waals surface area contributed by atoms with Gasteiger partial charge in [0.25, 0.3) is 0 Å². The van der Waals surface area contributed by atoms with Crippen molar-refractivity contribution >= 4 is 62.3 Å². The predicted octanol–water partition coefficient (Wildman–Crippen LogP) is 4.76. The number of benzene rings is 2. The largest absolute Gasteiger partial charge is 0.465 e. The Morgan fingerprint density at radius 2 is 1.35 bits per heavy atom. The van der Waals surface area contributed by atoms with E-state index in [9.17, 15) is 8.42 Å². The fraction of sp³-hybridized carbons (Fsp3) is 0. The summed E-state index contributed by atoms with van der Waals surface area (Å²) in [7, 11) is -3.76. The van der Waals surface area contributed by atoms with Crippen LogP contribution in [0.3, 0.4) is 0 Å². The Hall–Kier alpha value is -1.18. The Labute approximate surface area is 152 Å². The van der Waals surface area contributed by atoms with E-state index in [1.54, 1.807) is 0 Å². The molecule has 1 amide bonds. The van der Waals surface area contributed by atoms with Crippen molar-refractivity contribution in [2.45, 2.75) is 9.79 Å². The van der Waals surface area contributed by atoms with Gasteiger partial charge in [-0.1, -0.05) is 46.4 Å². The molecule has 0 aromatic heterocycles. The number of amides is 1. The summed E-state index contributed by atoms with van der Waals surface area (Å²) in [6.45, 7) is 0. The molecular weight excluding hydrogens is 408 g/mol. The highest BCUT2D eigenvalue weighted by molar-refractivity contribution is 7.91. The molecule has 0 aliphatic rings. The Kier molecular flexibility index (Phi) is 6.98. The van der Waals surface area contributed by atoms with Gasteiger partial charge in [0, 0.05) is 5.02 Å². The number of carboxylic acid groups (broad SMARTS) is 1. The fourth-order valence-electron chi connectivity index (χ4n) is 1.45. The summed E-state index contributed by atoms with van der Waals surface area (Å²) in [5, 5.41) is 7.98. The summed E-state index contributed by atoms with van der Waals surface area (Å²) in [6.07, 6.45) is -1.33. The third kappa shape index (κ3) is 5.44. The fourth-order valence-corrected chi connectivity index (χ4v) is 3.83. The van der Waals surface area contributed by atoms with Crippen molar-refractivity contribution in [1.82, 2.24) is 0 Å². The minimum Gasteiger partial charge on any atom is -0.465 e. The van der Waals surface area contributed by atoms with E-state index in [1.807, 2.05) is 0 Å². The normalized spacial score (nSPS) is 10.6. The SMILES string of the molecule is NC(=O)O.O=S(=O)(c1ccc(Cl)cc1)c1cc(Cl)c(Cl)cc1Cl. The van der Waals surface area contributed by atoms with Gasteiger partial charge in [-0.2, -0.15) is 0 Å². The lowest BCUT2D eigenvalue weighted by Crippen LogP contribution is -2.03. The van der Waals surface area contributed by atoms with Crippen LogP contribution in [-0.2, 0) is 9.84 Å². The molecular formula is C13H9Cl4NO4S. The van der Waals surface area contributed by atoms with Crippen molar-refractivity contribution in [1.29, 1.82) is 0 Å². The monoisotopic (exact) mass is 415 g/mol. The van der Waals surface area contributed by atoms with E-state index in [4.69, 9.17) is 56.3 Å². The molecule has 0 heterocycles. The zero-order chi connectivity index (χ0) is 17.8. The van der Waals surface area contributed by atoms with Crippen LogP contribution in [0.4, 0.5) is 4.79 Å².